The van der Waals surface area contributed by atoms with Crippen LogP contribution in [0.4, 0.5) is 0 Å². The van der Waals surface area contributed by atoms with E-state index in [1.165, 1.54) is 16.6 Å². The number of carbonyl (C=O) groups excluding carboxylic acids is 1. The van der Waals surface area contributed by atoms with E-state index in [0.717, 1.165) is 4.90 Å². The highest BCUT2D eigenvalue weighted by molar-refractivity contribution is 8.00. The van der Waals surface area contributed by atoms with Crippen LogP contribution in [0.5, 0.6) is 0 Å². The van der Waals surface area contributed by atoms with Crippen LogP contribution in [0, 0.1) is 11.3 Å². The van der Waals surface area contributed by atoms with E-state index < -0.39 is 0 Å². The minimum Gasteiger partial charge on any atom is -0.340 e. The number of benzene rings is 1. The summed E-state index contributed by atoms with van der Waals surface area (Å²) in [6, 6.07) is 13.5. The lowest BCUT2D eigenvalue weighted by atomic mass is 10.2. The van der Waals surface area contributed by atoms with Gasteiger partial charge in [-0.15, -0.1) is 23.1 Å². The van der Waals surface area contributed by atoms with Crippen LogP contribution in [-0.4, -0.2) is 23.6 Å². The van der Waals surface area contributed by atoms with Crippen molar-refractivity contribution in [2.75, 3.05) is 12.8 Å². The van der Waals surface area contributed by atoms with Crippen molar-refractivity contribution in [2.24, 2.45) is 0 Å². The molecule has 0 saturated heterocycles. The molecule has 0 N–H and O–H groups in total. The molecule has 1 amide bonds. The van der Waals surface area contributed by atoms with Crippen LogP contribution < -0.4 is 0 Å². The first-order chi connectivity index (χ1) is 9.70. The number of amides is 1. The Balaban J connectivity index is 1.90. The zero-order valence-corrected chi connectivity index (χ0v) is 12.7. The summed E-state index contributed by atoms with van der Waals surface area (Å²) in [5.74, 6) is 0.414. The smallest absolute Gasteiger partial charge is 0.233 e. The largest absolute Gasteiger partial charge is 0.340 e. The minimum absolute atomic E-state index is 0.0659. The molecule has 20 heavy (non-hydrogen) atoms. The van der Waals surface area contributed by atoms with Crippen molar-refractivity contribution in [2.45, 2.75) is 11.4 Å². The average molecular weight is 302 g/mol. The topological polar surface area (TPSA) is 44.1 Å². The maximum atomic E-state index is 12.1. The van der Waals surface area contributed by atoms with Gasteiger partial charge < -0.3 is 4.90 Å². The Kier molecular flexibility index (Phi) is 5.22. The second-order valence-electron chi connectivity index (χ2n) is 4.23. The first kappa shape index (κ1) is 14.6. The molecule has 0 saturated carbocycles. The van der Waals surface area contributed by atoms with Crippen molar-refractivity contribution in [3.63, 3.8) is 0 Å². The first-order valence-corrected chi connectivity index (χ1v) is 7.95. The lowest BCUT2D eigenvalue weighted by Crippen LogP contribution is -2.27. The molecule has 2 rings (SSSR count). The molecule has 0 bridgehead atoms. The summed E-state index contributed by atoms with van der Waals surface area (Å²) in [7, 11) is 1.80. The van der Waals surface area contributed by atoms with Gasteiger partial charge in [-0.3, -0.25) is 4.79 Å². The van der Waals surface area contributed by atoms with Gasteiger partial charge >= 0.3 is 0 Å². The molecule has 0 unspecified atom stereocenters. The molecule has 0 fully saturated rings. The summed E-state index contributed by atoms with van der Waals surface area (Å²) in [5, 5.41) is 11.0. The Hall–Kier alpha value is -1.77. The van der Waals surface area contributed by atoms with Crippen molar-refractivity contribution >= 4 is 29.0 Å². The van der Waals surface area contributed by atoms with E-state index in [0.29, 0.717) is 17.9 Å². The zero-order chi connectivity index (χ0) is 14.4. The van der Waals surface area contributed by atoms with Crippen molar-refractivity contribution in [1.29, 1.82) is 5.26 Å². The van der Waals surface area contributed by atoms with E-state index in [1.807, 2.05) is 35.7 Å². The first-order valence-electron chi connectivity index (χ1n) is 6.09. The Morgan fingerprint density at radius 1 is 1.35 bits per heavy atom. The number of nitrogens with zero attached hydrogens (tertiary/aromatic N) is 2. The van der Waals surface area contributed by atoms with Gasteiger partial charge in [0.15, 0.2) is 0 Å². The molecule has 0 aliphatic heterocycles. The Bertz CT molecular complexity index is 617. The molecule has 5 heteroatoms. The average Bonchev–Trinajstić information content (AvgIpc) is 2.97. The highest BCUT2D eigenvalue weighted by Gasteiger charge is 2.11. The van der Waals surface area contributed by atoms with Gasteiger partial charge in [-0.05, 0) is 23.6 Å². The molecule has 102 valence electrons. The summed E-state index contributed by atoms with van der Waals surface area (Å²) in [5.41, 5.74) is 0.617. The van der Waals surface area contributed by atoms with Gasteiger partial charge in [0.05, 0.1) is 17.9 Å². The van der Waals surface area contributed by atoms with E-state index >= 15 is 0 Å². The molecule has 2 aromatic rings. The second kappa shape index (κ2) is 7.13. The lowest BCUT2D eigenvalue weighted by molar-refractivity contribution is -0.127. The van der Waals surface area contributed by atoms with Crippen LogP contribution in [-0.2, 0) is 11.3 Å². The molecule has 1 aromatic carbocycles. The van der Waals surface area contributed by atoms with Crippen molar-refractivity contribution < 1.29 is 4.79 Å². The van der Waals surface area contributed by atoms with E-state index in [9.17, 15) is 4.79 Å². The Morgan fingerprint density at radius 2 is 2.15 bits per heavy atom. The molecule has 1 aromatic heterocycles. The molecular weight excluding hydrogens is 288 g/mol. The Labute approximate surface area is 126 Å². The normalized spacial score (nSPS) is 10.0. The molecule has 0 atom stereocenters. The number of rotatable bonds is 5. The summed E-state index contributed by atoms with van der Waals surface area (Å²) >= 11 is 3.06. The van der Waals surface area contributed by atoms with Crippen LogP contribution in [0.25, 0.3) is 0 Å². The molecule has 0 spiro atoms. The van der Waals surface area contributed by atoms with Crippen LogP contribution in [0.15, 0.2) is 46.7 Å². The van der Waals surface area contributed by atoms with Gasteiger partial charge in [0.25, 0.3) is 0 Å². The van der Waals surface area contributed by atoms with E-state index in [2.05, 4.69) is 6.07 Å². The minimum atomic E-state index is 0.0659. The van der Waals surface area contributed by atoms with Gasteiger partial charge in [0.1, 0.15) is 6.07 Å². The molecule has 3 nitrogen and oxygen atoms in total. The van der Waals surface area contributed by atoms with Gasteiger partial charge in [-0.25, -0.2) is 0 Å². The van der Waals surface area contributed by atoms with E-state index in [1.54, 1.807) is 29.4 Å². The number of thioether (sulfide) groups is 1. The molecule has 0 aliphatic carbocycles. The second-order valence-corrected chi connectivity index (χ2v) is 6.28. The summed E-state index contributed by atoms with van der Waals surface area (Å²) < 4.78 is 0. The monoisotopic (exact) mass is 302 g/mol. The van der Waals surface area contributed by atoms with E-state index in [-0.39, 0.29) is 5.91 Å². The predicted molar refractivity (Wildman–Crippen MR) is 82.7 cm³/mol. The van der Waals surface area contributed by atoms with Crippen molar-refractivity contribution in [3.05, 3.63) is 52.2 Å². The predicted octanol–water partition coefficient (Wildman–Crippen LogP) is 3.37. The third kappa shape index (κ3) is 3.86. The third-order valence-corrected chi connectivity index (χ3v) is 4.68. The summed E-state index contributed by atoms with van der Waals surface area (Å²) in [4.78, 5) is 15.8. The van der Waals surface area contributed by atoms with Gasteiger partial charge in [0.2, 0.25) is 5.91 Å². The fraction of sp³-hybridized carbons (Fsp3) is 0.200. The molecular formula is C15H14N2OS2. The fourth-order valence-electron chi connectivity index (χ4n) is 1.66. The van der Waals surface area contributed by atoms with E-state index in [4.69, 9.17) is 5.26 Å². The number of thiophene rings is 1. The van der Waals surface area contributed by atoms with Gasteiger partial charge in [0, 0.05) is 16.8 Å². The molecule has 0 aliphatic rings. The molecule has 0 radical (unpaired) electrons. The van der Waals surface area contributed by atoms with Crippen LogP contribution in [0.1, 0.15) is 10.4 Å². The standard InChI is InChI=1S/C15H14N2OS2/c1-17(10-13-6-4-8-19-13)15(18)11-20-14-7-3-2-5-12(14)9-16/h2-8H,10-11H2,1H3. The van der Waals surface area contributed by atoms with Crippen LogP contribution in [0.3, 0.4) is 0 Å². The van der Waals surface area contributed by atoms with Crippen molar-refractivity contribution in [3.8, 4) is 6.07 Å². The number of carbonyl (C=O) groups is 1. The summed E-state index contributed by atoms with van der Waals surface area (Å²) in [6.07, 6.45) is 0. The highest BCUT2D eigenvalue weighted by Crippen LogP contribution is 2.22. The number of hydrogen-bond donors (Lipinski definition) is 0. The maximum Gasteiger partial charge on any atom is 0.233 e. The maximum absolute atomic E-state index is 12.1. The highest BCUT2D eigenvalue weighted by atomic mass is 32.2. The SMILES string of the molecule is CN(Cc1cccs1)C(=O)CSc1ccccc1C#N. The van der Waals surface area contributed by atoms with Gasteiger partial charge in [-0.1, -0.05) is 18.2 Å². The summed E-state index contributed by atoms with van der Waals surface area (Å²) in [6.45, 7) is 0.636. The Morgan fingerprint density at radius 3 is 2.85 bits per heavy atom. The number of nitriles is 1. The van der Waals surface area contributed by atoms with Crippen LogP contribution in [0.2, 0.25) is 0 Å². The lowest BCUT2D eigenvalue weighted by Gasteiger charge is -2.16. The molecule has 1 heterocycles. The van der Waals surface area contributed by atoms with Gasteiger partial charge in [-0.2, -0.15) is 5.26 Å². The quantitative estimate of drug-likeness (QED) is 0.795. The third-order valence-electron chi connectivity index (χ3n) is 2.76. The van der Waals surface area contributed by atoms with Crippen molar-refractivity contribution in [1.82, 2.24) is 4.90 Å². The van der Waals surface area contributed by atoms with Crippen LogP contribution >= 0.6 is 23.1 Å². The zero-order valence-electron chi connectivity index (χ0n) is 11.1. The fourth-order valence-corrected chi connectivity index (χ4v) is 3.36. The number of hydrogen-bond acceptors (Lipinski definition) is 4.